The molecule has 6 aromatic rings. The van der Waals surface area contributed by atoms with Gasteiger partial charge in [0.15, 0.2) is 5.60 Å². The summed E-state index contributed by atoms with van der Waals surface area (Å²) in [5, 5.41) is 15.6. The summed E-state index contributed by atoms with van der Waals surface area (Å²) >= 11 is 3.52. The Hall–Kier alpha value is -3.64. The van der Waals surface area contributed by atoms with Crippen LogP contribution in [0.4, 0.5) is 0 Å². The van der Waals surface area contributed by atoms with E-state index in [9.17, 15) is 5.11 Å². The minimum atomic E-state index is -0.755. The van der Waals surface area contributed by atoms with Crippen molar-refractivity contribution < 1.29 is 14.6 Å². The van der Waals surface area contributed by atoms with E-state index in [1.165, 1.54) is 20.3 Å². The first-order valence-electron chi connectivity index (χ1n) is 12.2. The van der Waals surface area contributed by atoms with Gasteiger partial charge in [0.2, 0.25) is 0 Å². The Morgan fingerprint density at radius 1 is 0.919 bits per heavy atom. The number of hydrogen-bond donors (Lipinski definition) is 1. The minimum absolute atomic E-state index is 0.0771. The van der Waals surface area contributed by atoms with Crippen LogP contribution in [-0.2, 0) is 12.2 Å². The van der Waals surface area contributed by atoms with E-state index in [-0.39, 0.29) is 6.61 Å². The molecule has 4 aromatic carbocycles. The average Bonchev–Trinajstić information content (AvgIpc) is 3.55. The second-order valence-corrected chi connectivity index (χ2v) is 11.4. The SMILES string of the molecule is COc1cc2c3c(c4sc5ccsc5c4c2cc1CO)OC(c1ccccc1)(c1ccc(C)cc1)C=C3. The summed E-state index contributed by atoms with van der Waals surface area (Å²) in [4.78, 5) is 0. The fourth-order valence-electron chi connectivity index (χ4n) is 5.47. The lowest BCUT2D eigenvalue weighted by atomic mass is 9.82. The van der Waals surface area contributed by atoms with Gasteiger partial charge in [0, 0.05) is 32.3 Å². The van der Waals surface area contributed by atoms with Crippen LogP contribution in [0.5, 0.6) is 11.5 Å². The first-order valence-corrected chi connectivity index (χ1v) is 13.9. The van der Waals surface area contributed by atoms with E-state index in [1.807, 2.05) is 12.1 Å². The van der Waals surface area contributed by atoms with Crippen LogP contribution in [0.25, 0.3) is 36.3 Å². The molecule has 1 N–H and O–H groups in total. The Bertz CT molecular complexity index is 1830. The van der Waals surface area contributed by atoms with Gasteiger partial charge in [-0.25, -0.2) is 0 Å². The number of hydrogen-bond acceptors (Lipinski definition) is 5. The molecular formula is C32H24O3S2. The van der Waals surface area contributed by atoms with E-state index >= 15 is 0 Å². The predicted octanol–water partition coefficient (Wildman–Crippen LogP) is 8.43. The van der Waals surface area contributed by atoms with Crippen LogP contribution in [-0.4, -0.2) is 12.2 Å². The summed E-state index contributed by atoms with van der Waals surface area (Å²) in [6.45, 7) is 2.03. The van der Waals surface area contributed by atoms with E-state index in [4.69, 9.17) is 9.47 Å². The summed E-state index contributed by atoms with van der Waals surface area (Å²) in [6, 6.07) is 25.4. The van der Waals surface area contributed by atoms with Gasteiger partial charge >= 0.3 is 0 Å². The van der Waals surface area contributed by atoms with Crippen LogP contribution in [0.1, 0.15) is 27.8 Å². The molecule has 1 atom stereocenters. The Morgan fingerprint density at radius 3 is 2.46 bits per heavy atom. The number of aliphatic hydroxyl groups is 1. The lowest BCUT2D eigenvalue weighted by Gasteiger charge is -2.37. The minimum Gasteiger partial charge on any atom is -0.496 e. The van der Waals surface area contributed by atoms with Crippen LogP contribution in [0, 0.1) is 6.92 Å². The maximum absolute atomic E-state index is 10.1. The molecule has 0 spiro atoms. The van der Waals surface area contributed by atoms with E-state index in [0.29, 0.717) is 5.75 Å². The topological polar surface area (TPSA) is 38.7 Å². The fourth-order valence-corrected chi connectivity index (χ4v) is 7.85. The van der Waals surface area contributed by atoms with Crippen molar-refractivity contribution in [2.75, 3.05) is 7.11 Å². The third-order valence-corrected chi connectivity index (χ3v) is 9.54. The van der Waals surface area contributed by atoms with Gasteiger partial charge in [-0.1, -0.05) is 60.2 Å². The van der Waals surface area contributed by atoms with Gasteiger partial charge < -0.3 is 14.6 Å². The van der Waals surface area contributed by atoms with Gasteiger partial charge in [-0.3, -0.25) is 0 Å². The molecule has 5 heteroatoms. The molecule has 1 aliphatic rings. The Morgan fingerprint density at radius 2 is 1.70 bits per heavy atom. The Balaban J connectivity index is 1.59. The number of methoxy groups -OCH3 is 1. The zero-order valence-corrected chi connectivity index (χ0v) is 22.1. The second-order valence-electron chi connectivity index (χ2n) is 9.43. The number of rotatable bonds is 4. The smallest absolute Gasteiger partial charge is 0.178 e. The molecule has 3 heterocycles. The highest BCUT2D eigenvalue weighted by atomic mass is 32.1. The average molecular weight is 521 g/mol. The first kappa shape index (κ1) is 22.5. The lowest BCUT2D eigenvalue weighted by Crippen LogP contribution is -2.34. The van der Waals surface area contributed by atoms with E-state index in [0.717, 1.165) is 43.5 Å². The van der Waals surface area contributed by atoms with Gasteiger partial charge in [0.25, 0.3) is 0 Å². The van der Waals surface area contributed by atoms with Crippen LogP contribution >= 0.6 is 22.7 Å². The molecule has 1 unspecified atom stereocenters. The Labute approximate surface area is 222 Å². The third-order valence-electron chi connectivity index (χ3n) is 7.33. The van der Waals surface area contributed by atoms with Gasteiger partial charge in [-0.15, -0.1) is 22.7 Å². The Kier molecular flexibility index (Phi) is 5.15. The van der Waals surface area contributed by atoms with Crippen molar-refractivity contribution in [3.8, 4) is 11.5 Å². The third kappa shape index (κ3) is 3.28. The van der Waals surface area contributed by atoms with Crippen molar-refractivity contribution in [1.29, 1.82) is 0 Å². The second kappa shape index (κ2) is 8.45. The maximum Gasteiger partial charge on any atom is 0.178 e. The molecular weight excluding hydrogens is 496 g/mol. The fraction of sp³-hybridized carbons (Fsp3) is 0.125. The molecule has 3 nitrogen and oxygen atoms in total. The van der Waals surface area contributed by atoms with Crippen molar-refractivity contribution in [1.82, 2.24) is 0 Å². The summed E-state index contributed by atoms with van der Waals surface area (Å²) in [7, 11) is 1.65. The van der Waals surface area contributed by atoms with Gasteiger partial charge in [-0.2, -0.15) is 0 Å². The quantitative estimate of drug-likeness (QED) is 0.254. The zero-order chi connectivity index (χ0) is 25.1. The van der Waals surface area contributed by atoms with Crippen molar-refractivity contribution >= 4 is 59.0 Å². The summed E-state index contributed by atoms with van der Waals surface area (Å²) < 4.78 is 16.5. The number of aliphatic hydroxyl groups excluding tert-OH is 1. The highest BCUT2D eigenvalue weighted by molar-refractivity contribution is 7.32. The van der Waals surface area contributed by atoms with Gasteiger partial charge in [0.05, 0.1) is 23.1 Å². The van der Waals surface area contributed by atoms with Gasteiger partial charge in [-0.05, 0) is 53.4 Å². The molecule has 0 saturated heterocycles. The zero-order valence-electron chi connectivity index (χ0n) is 20.4. The maximum atomic E-state index is 10.1. The van der Waals surface area contributed by atoms with E-state index in [1.54, 1.807) is 29.8 Å². The van der Waals surface area contributed by atoms with Gasteiger partial charge in [0.1, 0.15) is 11.5 Å². The molecule has 0 aliphatic carbocycles. The molecule has 0 amide bonds. The number of aryl methyl sites for hydroxylation is 1. The van der Waals surface area contributed by atoms with Crippen molar-refractivity contribution in [2.24, 2.45) is 0 Å². The summed E-state index contributed by atoms with van der Waals surface area (Å²) in [6.07, 6.45) is 4.39. The summed E-state index contributed by atoms with van der Waals surface area (Å²) in [5.74, 6) is 1.57. The number of ether oxygens (including phenoxy) is 2. The molecule has 1 aliphatic heterocycles. The lowest BCUT2D eigenvalue weighted by molar-refractivity contribution is 0.164. The van der Waals surface area contributed by atoms with Crippen LogP contribution in [0.15, 0.2) is 84.3 Å². The molecule has 0 bridgehead atoms. The molecule has 37 heavy (non-hydrogen) atoms. The highest BCUT2D eigenvalue weighted by Crippen LogP contribution is 2.53. The first-order chi connectivity index (χ1) is 18.1. The molecule has 2 aromatic heterocycles. The van der Waals surface area contributed by atoms with E-state index in [2.05, 4.69) is 85.1 Å². The predicted molar refractivity (Wildman–Crippen MR) is 155 cm³/mol. The van der Waals surface area contributed by atoms with Crippen LogP contribution < -0.4 is 9.47 Å². The van der Waals surface area contributed by atoms with Crippen molar-refractivity contribution in [2.45, 2.75) is 19.1 Å². The molecule has 0 saturated carbocycles. The number of benzene rings is 4. The van der Waals surface area contributed by atoms with Crippen LogP contribution in [0.2, 0.25) is 0 Å². The molecule has 0 fully saturated rings. The molecule has 182 valence electrons. The van der Waals surface area contributed by atoms with Crippen molar-refractivity contribution in [3.63, 3.8) is 0 Å². The summed E-state index contributed by atoms with van der Waals surface area (Å²) in [5.41, 5.74) is 4.45. The largest absolute Gasteiger partial charge is 0.496 e. The van der Waals surface area contributed by atoms with E-state index < -0.39 is 5.60 Å². The van der Waals surface area contributed by atoms with Crippen molar-refractivity contribution in [3.05, 3.63) is 112 Å². The van der Waals surface area contributed by atoms with Crippen LogP contribution in [0.3, 0.4) is 0 Å². The number of thiophene rings is 2. The standard InChI is InChI=1S/C32H24O3S2/c1-19-8-10-22(11-9-19)32(21-6-4-3-5-7-21)14-12-23-24-17-26(34-2)20(18-33)16-25(24)28-30-27(13-15-36-30)37-31(28)29(23)35-32/h3-17,33H,18H2,1-2H3. The normalized spacial score (nSPS) is 16.8. The number of fused-ring (bicyclic) bond motifs is 8. The molecule has 0 radical (unpaired) electrons. The molecule has 7 rings (SSSR count). The monoisotopic (exact) mass is 520 g/mol. The highest BCUT2D eigenvalue weighted by Gasteiger charge is 2.39.